The van der Waals surface area contributed by atoms with Crippen molar-refractivity contribution in [3.8, 4) is 11.3 Å². The summed E-state index contributed by atoms with van der Waals surface area (Å²) in [7, 11) is 0. The van der Waals surface area contributed by atoms with E-state index in [1.54, 1.807) is 0 Å². The van der Waals surface area contributed by atoms with Gasteiger partial charge in [0.25, 0.3) is 0 Å². The molecular formula is C21H22BrN3O3. The van der Waals surface area contributed by atoms with Crippen molar-refractivity contribution in [2.75, 3.05) is 6.61 Å². The summed E-state index contributed by atoms with van der Waals surface area (Å²) < 4.78 is 7.46. The number of aliphatic hydroxyl groups is 1. The van der Waals surface area contributed by atoms with Gasteiger partial charge in [-0.05, 0) is 50.8 Å². The van der Waals surface area contributed by atoms with Crippen molar-refractivity contribution in [3.05, 3.63) is 64.0 Å². The highest BCUT2D eigenvalue weighted by atomic mass is 79.9. The lowest BCUT2D eigenvalue weighted by molar-refractivity contribution is 0.284. The standard InChI is InChI=1S/C21H21N3O3.BrH/c1-13-11-24-12-18(23-20(24)14(2)22-13)17-10-16-7-6-15(5-3-4-8-25)9-19(16)27-21(17)26;/h6-7,9-12,25H,3-5,8H2,1-2H3;1H. The Morgan fingerprint density at radius 2 is 1.93 bits per heavy atom. The zero-order valence-corrected chi connectivity index (χ0v) is 17.5. The monoisotopic (exact) mass is 443 g/mol. The quantitative estimate of drug-likeness (QED) is 0.372. The van der Waals surface area contributed by atoms with Gasteiger partial charge in [-0.3, -0.25) is 4.98 Å². The molecule has 3 aromatic heterocycles. The second-order valence-electron chi connectivity index (χ2n) is 6.83. The van der Waals surface area contributed by atoms with Gasteiger partial charge in [0, 0.05) is 24.4 Å². The fourth-order valence-electron chi connectivity index (χ4n) is 3.36. The van der Waals surface area contributed by atoms with Crippen LogP contribution in [0.15, 0.2) is 45.9 Å². The van der Waals surface area contributed by atoms with E-state index in [2.05, 4.69) is 9.97 Å². The van der Waals surface area contributed by atoms with Crippen LogP contribution in [-0.4, -0.2) is 26.1 Å². The number of aliphatic hydroxyl groups excluding tert-OH is 1. The Balaban J connectivity index is 0.00000225. The molecule has 7 heteroatoms. The van der Waals surface area contributed by atoms with E-state index in [0.717, 1.165) is 47.2 Å². The minimum atomic E-state index is -0.402. The molecule has 0 unspecified atom stereocenters. The molecular weight excluding hydrogens is 422 g/mol. The molecule has 0 fully saturated rings. The first-order valence-corrected chi connectivity index (χ1v) is 9.06. The predicted octanol–water partition coefficient (Wildman–Crippen LogP) is 4.01. The highest BCUT2D eigenvalue weighted by molar-refractivity contribution is 8.93. The molecule has 0 saturated heterocycles. The van der Waals surface area contributed by atoms with Crippen molar-refractivity contribution >= 4 is 33.6 Å². The molecule has 4 rings (SSSR count). The van der Waals surface area contributed by atoms with Gasteiger partial charge >= 0.3 is 5.63 Å². The van der Waals surface area contributed by atoms with Crippen LogP contribution >= 0.6 is 17.0 Å². The van der Waals surface area contributed by atoms with E-state index >= 15 is 0 Å². The largest absolute Gasteiger partial charge is 0.422 e. The Labute approximate surface area is 172 Å². The van der Waals surface area contributed by atoms with Crippen LogP contribution in [-0.2, 0) is 6.42 Å². The maximum absolute atomic E-state index is 12.6. The number of imidazole rings is 1. The van der Waals surface area contributed by atoms with Crippen LogP contribution < -0.4 is 5.63 Å². The van der Waals surface area contributed by atoms with Crippen LogP contribution in [0.1, 0.15) is 29.8 Å². The molecule has 1 aromatic carbocycles. The predicted molar refractivity (Wildman–Crippen MR) is 114 cm³/mol. The Hall–Kier alpha value is -2.51. The molecule has 0 spiro atoms. The average Bonchev–Trinajstić information content (AvgIpc) is 3.05. The minimum Gasteiger partial charge on any atom is -0.422 e. The highest BCUT2D eigenvalue weighted by Gasteiger charge is 2.13. The number of aryl methyl sites for hydroxylation is 3. The second kappa shape index (κ2) is 8.24. The molecule has 0 bridgehead atoms. The average molecular weight is 444 g/mol. The van der Waals surface area contributed by atoms with Gasteiger partial charge in [0.2, 0.25) is 0 Å². The third kappa shape index (κ3) is 3.86. The van der Waals surface area contributed by atoms with Crippen LogP contribution in [0, 0.1) is 13.8 Å². The summed E-state index contributed by atoms with van der Waals surface area (Å²) in [5, 5.41) is 9.76. The van der Waals surface area contributed by atoms with E-state index in [1.807, 2.05) is 54.9 Å². The molecule has 6 nitrogen and oxygen atoms in total. The maximum Gasteiger partial charge on any atom is 0.345 e. The van der Waals surface area contributed by atoms with Gasteiger partial charge in [0.15, 0.2) is 5.65 Å². The molecule has 146 valence electrons. The fourth-order valence-corrected chi connectivity index (χ4v) is 3.36. The van der Waals surface area contributed by atoms with Crippen LogP contribution in [0.3, 0.4) is 0 Å². The van der Waals surface area contributed by atoms with Crippen molar-refractivity contribution in [1.82, 2.24) is 14.4 Å². The number of aromatic nitrogens is 3. The van der Waals surface area contributed by atoms with Crippen LogP contribution in [0.5, 0.6) is 0 Å². The molecule has 1 N–H and O–H groups in total. The molecule has 28 heavy (non-hydrogen) atoms. The number of benzene rings is 1. The molecule has 0 radical (unpaired) electrons. The smallest absolute Gasteiger partial charge is 0.345 e. The van der Waals surface area contributed by atoms with Crippen LogP contribution in [0.25, 0.3) is 27.9 Å². The third-order valence-electron chi connectivity index (χ3n) is 4.68. The van der Waals surface area contributed by atoms with E-state index in [1.165, 1.54) is 0 Å². The number of rotatable bonds is 5. The van der Waals surface area contributed by atoms with E-state index < -0.39 is 5.63 Å². The van der Waals surface area contributed by atoms with Crippen molar-refractivity contribution in [3.63, 3.8) is 0 Å². The van der Waals surface area contributed by atoms with Crippen molar-refractivity contribution < 1.29 is 9.52 Å². The van der Waals surface area contributed by atoms with Gasteiger partial charge in [-0.25, -0.2) is 9.78 Å². The Morgan fingerprint density at radius 3 is 2.71 bits per heavy atom. The lowest BCUT2D eigenvalue weighted by atomic mass is 10.1. The number of halogens is 1. The molecule has 0 aliphatic carbocycles. The van der Waals surface area contributed by atoms with Gasteiger partial charge < -0.3 is 13.9 Å². The summed E-state index contributed by atoms with van der Waals surface area (Å²) >= 11 is 0. The highest BCUT2D eigenvalue weighted by Crippen LogP contribution is 2.23. The van der Waals surface area contributed by atoms with Crippen LogP contribution in [0.4, 0.5) is 0 Å². The van der Waals surface area contributed by atoms with Crippen molar-refractivity contribution in [2.45, 2.75) is 33.1 Å². The second-order valence-corrected chi connectivity index (χ2v) is 6.83. The van der Waals surface area contributed by atoms with Crippen LogP contribution in [0.2, 0.25) is 0 Å². The molecule has 0 aliphatic rings. The first-order valence-electron chi connectivity index (χ1n) is 9.06. The zero-order valence-electron chi connectivity index (χ0n) is 15.8. The Bertz CT molecular complexity index is 1200. The number of hydrogen-bond acceptors (Lipinski definition) is 5. The van der Waals surface area contributed by atoms with E-state index in [0.29, 0.717) is 16.8 Å². The normalized spacial score (nSPS) is 11.1. The topological polar surface area (TPSA) is 80.6 Å². The maximum atomic E-state index is 12.6. The van der Waals surface area contributed by atoms with Gasteiger partial charge in [0.1, 0.15) is 5.58 Å². The van der Waals surface area contributed by atoms with E-state index in [4.69, 9.17) is 9.52 Å². The molecule has 0 atom stereocenters. The fraction of sp³-hybridized carbons (Fsp3) is 0.286. The summed E-state index contributed by atoms with van der Waals surface area (Å²) in [6, 6.07) is 7.72. The SMILES string of the molecule is Br.Cc1cn2cc(-c3cc4ccc(CCCCO)cc4oc3=O)nc2c(C)n1. The minimum absolute atomic E-state index is 0. The van der Waals surface area contributed by atoms with Gasteiger partial charge in [-0.1, -0.05) is 12.1 Å². The molecule has 0 saturated carbocycles. The van der Waals surface area contributed by atoms with Gasteiger partial charge in [0.05, 0.1) is 22.6 Å². The third-order valence-corrected chi connectivity index (χ3v) is 4.68. The summed E-state index contributed by atoms with van der Waals surface area (Å²) in [5.74, 6) is 0. The Morgan fingerprint density at radius 1 is 1.11 bits per heavy atom. The van der Waals surface area contributed by atoms with E-state index in [-0.39, 0.29) is 23.6 Å². The molecule has 0 amide bonds. The summed E-state index contributed by atoms with van der Waals surface area (Å²) in [6.07, 6.45) is 6.24. The van der Waals surface area contributed by atoms with Crippen molar-refractivity contribution in [1.29, 1.82) is 0 Å². The lowest BCUT2D eigenvalue weighted by Gasteiger charge is -2.04. The zero-order chi connectivity index (χ0) is 19.0. The molecule has 3 heterocycles. The molecule has 0 aliphatic heterocycles. The number of nitrogens with zero attached hydrogens (tertiary/aromatic N) is 3. The van der Waals surface area contributed by atoms with Gasteiger partial charge in [-0.2, -0.15) is 0 Å². The lowest BCUT2D eigenvalue weighted by Crippen LogP contribution is -2.03. The Kier molecular flexibility index (Phi) is 5.96. The van der Waals surface area contributed by atoms with E-state index in [9.17, 15) is 4.79 Å². The van der Waals surface area contributed by atoms with Gasteiger partial charge in [-0.15, -0.1) is 17.0 Å². The number of unbranched alkanes of at least 4 members (excludes halogenated alkanes) is 1. The number of hydrogen-bond donors (Lipinski definition) is 1. The number of fused-ring (bicyclic) bond motifs is 2. The molecule has 4 aromatic rings. The first kappa shape index (κ1) is 20.2. The summed E-state index contributed by atoms with van der Waals surface area (Å²) in [5.41, 5.74) is 4.72. The van der Waals surface area contributed by atoms with Crippen molar-refractivity contribution in [2.24, 2.45) is 0 Å². The first-order chi connectivity index (χ1) is 13.0. The summed E-state index contributed by atoms with van der Waals surface area (Å²) in [4.78, 5) is 21.6. The summed E-state index contributed by atoms with van der Waals surface area (Å²) in [6.45, 7) is 4.02.